The lowest BCUT2D eigenvalue weighted by Gasteiger charge is -2.31. The first-order valence-electron chi connectivity index (χ1n) is 10.3. The molecule has 148 valence electrons. The van der Waals surface area contributed by atoms with Gasteiger partial charge in [-0.2, -0.15) is 0 Å². The number of hydrogen-bond acceptors (Lipinski definition) is 0. The van der Waals surface area contributed by atoms with Crippen LogP contribution in [-0.2, 0) is 0 Å². The Morgan fingerprint density at radius 2 is 1.35 bits per heavy atom. The molecule has 2 aliphatic carbocycles. The Labute approximate surface area is 158 Å². The van der Waals surface area contributed by atoms with Gasteiger partial charge in [0.05, 0.1) is 0 Å². The summed E-state index contributed by atoms with van der Waals surface area (Å²) >= 11 is 0. The molecule has 0 bridgehead atoms. The van der Waals surface area contributed by atoms with Crippen LogP contribution in [0.4, 0.5) is 13.2 Å². The van der Waals surface area contributed by atoms with E-state index in [1.165, 1.54) is 50.7 Å². The van der Waals surface area contributed by atoms with Gasteiger partial charge in [-0.25, -0.2) is 13.2 Å². The third-order valence-electron chi connectivity index (χ3n) is 6.66. The second-order valence-electron chi connectivity index (χ2n) is 8.40. The van der Waals surface area contributed by atoms with E-state index in [2.05, 4.69) is 19.1 Å². The van der Waals surface area contributed by atoms with Gasteiger partial charge in [-0.05, 0) is 99.7 Å². The number of hydrogen-bond donors (Lipinski definition) is 0. The molecule has 1 aromatic rings. The predicted molar refractivity (Wildman–Crippen MR) is 105 cm³/mol. The molecule has 3 heteroatoms. The number of halogens is 3. The summed E-state index contributed by atoms with van der Waals surface area (Å²) in [6.07, 6.45) is 16.7. The fourth-order valence-corrected chi connectivity index (χ4v) is 5.01. The van der Waals surface area contributed by atoms with E-state index in [0.717, 1.165) is 43.4 Å². The monoisotopic (exact) mass is 368 g/mol. The van der Waals surface area contributed by atoms with Gasteiger partial charge in [-0.15, -0.1) is 0 Å². The van der Waals surface area contributed by atoms with Gasteiger partial charge < -0.3 is 0 Å². The molecular formula is C23H35F3. The van der Waals surface area contributed by atoms with Gasteiger partial charge in [0.1, 0.15) is 0 Å². The molecule has 0 nitrogen and oxygen atoms in total. The third kappa shape index (κ3) is 4.92. The van der Waals surface area contributed by atoms with Crippen molar-refractivity contribution in [3.63, 3.8) is 0 Å². The Morgan fingerprint density at radius 3 is 1.85 bits per heavy atom. The Bertz CT molecular complexity index is 593. The number of allylic oxidation sites excluding steroid dienone is 2. The summed E-state index contributed by atoms with van der Waals surface area (Å²) < 4.78 is 40.0. The van der Waals surface area contributed by atoms with Crippen LogP contribution < -0.4 is 0 Å². The van der Waals surface area contributed by atoms with Crippen LogP contribution in [0.2, 0.25) is 0 Å². The summed E-state index contributed by atoms with van der Waals surface area (Å²) in [5, 5.41) is 0. The van der Waals surface area contributed by atoms with Gasteiger partial charge in [-0.1, -0.05) is 25.0 Å². The van der Waals surface area contributed by atoms with Crippen LogP contribution in [-0.4, -0.2) is 0 Å². The molecule has 1 aromatic carbocycles. The standard InChI is InChI=1S/C23H31F3.2H2/c1-2-3-16-4-6-17(7-5-16)8-9-18-10-12-19(13-11-18)20-14-21(24)23(26)22(25)15-20;;/h2-3,14-19H,4-13H2,1H3;2*1H/b3-2+;;. The Balaban J connectivity index is 0.00000196. The maximum atomic E-state index is 13.5. The van der Waals surface area contributed by atoms with Crippen molar-refractivity contribution in [1.29, 1.82) is 0 Å². The molecule has 2 fully saturated rings. The van der Waals surface area contributed by atoms with Gasteiger partial charge in [0.15, 0.2) is 17.5 Å². The molecule has 2 saturated carbocycles. The van der Waals surface area contributed by atoms with Gasteiger partial charge >= 0.3 is 0 Å². The molecular weight excluding hydrogens is 333 g/mol. The molecule has 0 heterocycles. The predicted octanol–water partition coefficient (Wildman–Crippen LogP) is 8.03. The maximum Gasteiger partial charge on any atom is 0.194 e. The van der Waals surface area contributed by atoms with Crippen LogP contribution in [0.3, 0.4) is 0 Å². The van der Waals surface area contributed by atoms with Crippen molar-refractivity contribution < 1.29 is 16.0 Å². The highest BCUT2D eigenvalue weighted by Crippen LogP contribution is 2.40. The van der Waals surface area contributed by atoms with E-state index < -0.39 is 17.5 Å². The summed E-state index contributed by atoms with van der Waals surface area (Å²) in [7, 11) is 0. The average molecular weight is 369 g/mol. The van der Waals surface area contributed by atoms with Crippen molar-refractivity contribution in [3.8, 4) is 0 Å². The van der Waals surface area contributed by atoms with E-state index in [9.17, 15) is 13.2 Å². The van der Waals surface area contributed by atoms with Crippen molar-refractivity contribution in [2.24, 2.45) is 17.8 Å². The average Bonchev–Trinajstić information content (AvgIpc) is 2.66. The van der Waals surface area contributed by atoms with E-state index >= 15 is 0 Å². The molecule has 0 amide bonds. The summed E-state index contributed by atoms with van der Waals surface area (Å²) in [5.41, 5.74) is 0.627. The third-order valence-corrected chi connectivity index (χ3v) is 6.66. The zero-order chi connectivity index (χ0) is 18.5. The SMILES string of the molecule is C/C=C/C1CCC(CCC2CCC(c3cc(F)c(F)c(F)c3)CC2)CC1.[HH].[HH]. The van der Waals surface area contributed by atoms with Gasteiger partial charge in [0.25, 0.3) is 0 Å². The minimum Gasteiger partial charge on any atom is -0.204 e. The van der Waals surface area contributed by atoms with Gasteiger partial charge in [0.2, 0.25) is 0 Å². The van der Waals surface area contributed by atoms with Crippen molar-refractivity contribution in [3.05, 3.63) is 47.3 Å². The molecule has 0 radical (unpaired) electrons. The smallest absolute Gasteiger partial charge is 0.194 e. The highest BCUT2D eigenvalue weighted by Gasteiger charge is 2.26. The van der Waals surface area contributed by atoms with Crippen molar-refractivity contribution >= 4 is 0 Å². The van der Waals surface area contributed by atoms with Gasteiger partial charge in [0, 0.05) is 2.85 Å². The lowest BCUT2D eigenvalue weighted by Crippen LogP contribution is -2.17. The van der Waals surface area contributed by atoms with Crippen LogP contribution in [0.1, 0.15) is 85.5 Å². The van der Waals surface area contributed by atoms with Crippen molar-refractivity contribution in [2.75, 3.05) is 0 Å². The summed E-state index contributed by atoms with van der Waals surface area (Å²) in [5.74, 6) is -0.877. The van der Waals surface area contributed by atoms with E-state index in [-0.39, 0.29) is 8.77 Å². The maximum absolute atomic E-state index is 13.5. The van der Waals surface area contributed by atoms with E-state index in [4.69, 9.17) is 0 Å². The Morgan fingerprint density at radius 1 is 0.846 bits per heavy atom. The van der Waals surface area contributed by atoms with Crippen molar-refractivity contribution in [2.45, 2.75) is 77.0 Å². The van der Waals surface area contributed by atoms with Crippen molar-refractivity contribution in [1.82, 2.24) is 0 Å². The molecule has 0 N–H and O–H groups in total. The lowest BCUT2D eigenvalue weighted by molar-refractivity contribution is 0.246. The highest BCUT2D eigenvalue weighted by molar-refractivity contribution is 5.23. The van der Waals surface area contributed by atoms with Crippen LogP contribution in [0, 0.1) is 35.2 Å². The first kappa shape index (κ1) is 19.5. The molecule has 0 atom stereocenters. The fourth-order valence-electron chi connectivity index (χ4n) is 5.01. The van der Waals surface area contributed by atoms with E-state index in [1.54, 1.807) is 0 Å². The van der Waals surface area contributed by atoms with E-state index in [1.807, 2.05) is 0 Å². The second-order valence-corrected chi connectivity index (χ2v) is 8.40. The topological polar surface area (TPSA) is 0 Å². The van der Waals surface area contributed by atoms with Crippen LogP contribution in [0.5, 0.6) is 0 Å². The van der Waals surface area contributed by atoms with Crippen LogP contribution >= 0.6 is 0 Å². The van der Waals surface area contributed by atoms with Crippen LogP contribution in [0.15, 0.2) is 24.3 Å². The molecule has 26 heavy (non-hydrogen) atoms. The van der Waals surface area contributed by atoms with E-state index in [0.29, 0.717) is 5.56 Å². The molecule has 0 unspecified atom stereocenters. The lowest BCUT2D eigenvalue weighted by atomic mass is 9.74. The van der Waals surface area contributed by atoms with Gasteiger partial charge in [-0.3, -0.25) is 0 Å². The zero-order valence-electron chi connectivity index (χ0n) is 15.8. The molecule has 0 aliphatic heterocycles. The zero-order valence-corrected chi connectivity index (χ0v) is 15.8. The Hall–Kier alpha value is -1.25. The summed E-state index contributed by atoms with van der Waals surface area (Å²) in [6.45, 7) is 2.11. The molecule has 0 aromatic heterocycles. The second kappa shape index (κ2) is 9.10. The number of rotatable bonds is 5. The highest BCUT2D eigenvalue weighted by atomic mass is 19.2. The summed E-state index contributed by atoms with van der Waals surface area (Å²) in [4.78, 5) is 0. The fraction of sp³-hybridized carbons (Fsp3) is 0.652. The Kier molecular flexibility index (Phi) is 6.83. The first-order chi connectivity index (χ1) is 12.6. The molecule has 0 saturated heterocycles. The molecule has 2 aliphatic rings. The molecule has 3 rings (SSSR count). The minimum absolute atomic E-state index is 0. The quantitative estimate of drug-likeness (QED) is 0.364. The first-order valence-corrected chi connectivity index (χ1v) is 10.3. The minimum atomic E-state index is -1.36. The largest absolute Gasteiger partial charge is 0.204 e. The number of benzene rings is 1. The molecule has 0 spiro atoms. The van der Waals surface area contributed by atoms with Crippen LogP contribution in [0.25, 0.3) is 0 Å². The normalized spacial score (nSPS) is 30.0. The summed E-state index contributed by atoms with van der Waals surface area (Å²) in [6, 6.07) is 2.37.